The summed E-state index contributed by atoms with van der Waals surface area (Å²) < 4.78 is 19.1. The molecule has 2 heterocycles. The minimum Gasteiger partial charge on any atom is -0.409 e. The van der Waals surface area contributed by atoms with Gasteiger partial charge in [-0.2, -0.15) is 0 Å². The van der Waals surface area contributed by atoms with E-state index in [0.29, 0.717) is 5.69 Å². The number of nitrogens with zero attached hydrogens (tertiary/aromatic N) is 7. The lowest BCUT2D eigenvalue weighted by Gasteiger charge is -2.07. The van der Waals surface area contributed by atoms with Crippen LogP contribution in [0.3, 0.4) is 0 Å². The normalized spacial score (nSPS) is 11.7. The number of amidine groups is 1. The number of oxime groups is 1. The Morgan fingerprint density at radius 2 is 2.29 bits per heavy atom. The van der Waals surface area contributed by atoms with E-state index in [4.69, 9.17) is 17.3 Å². The maximum atomic E-state index is 13.2. The van der Waals surface area contributed by atoms with Crippen LogP contribution in [0.2, 0.25) is 5.02 Å². The van der Waals surface area contributed by atoms with Gasteiger partial charge in [-0.3, -0.25) is 0 Å². The second-order valence-electron chi connectivity index (χ2n) is 4.46. The first kappa shape index (κ1) is 15.6. The van der Waals surface area contributed by atoms with Gasteiger partial charge in [0, 0.05) is 5.69 Å². The molecule has 0 aliphatic rings. The van der Waals surface area contributed by atoms with Crippen molar-refractivity contribution in [2.45, 2.75) is 6.54 Å². The quantitative estimate of drug-likeness (QED) is 0.266. The van der Waals surface area contributed by atoms with Gasteiger partial charge in [-0.15, -0.1) is 0 Å². The molecule has 11 nitrogen and oxygen atoms in total. The molecule has 2 aromatic heterocycles. The summed E-state index contributed by atoms with van der Waals surface area (Å²) >= 11 is 5.71. The topological polar surface area (TPSA) is 153 Å². The smallest absolute Gasteiger partial charge is 0.240 e. The fourth-order valence-corrected chi connectivity index (χ4v) is 1.98. The van der Waals surface area contributed by atoms with E-state index in [0.717, 1.165) is 6.07 Å². The molecule has 124 valence electrons. The number of hydrogen-bond acceptors (Lipinski definition) is 9. The third kappa shape index (κ3) is 3.08. The summed E-state index contributed by atoms with van der Waals surface area (Å²) in [5, 5.41) is 32.9. The molecule has 0 spiro atoms. The summed E-state index contributed by atoms with van der Waals surface area (Å²) in [6.07, 6.45) is 0. The Kier molecular flexibility index (Phi) is 4.20. The van der Waals surface area contributed by atoms with E-state index < -0.39 is 5.82 Å². The van der Waals surface area contributed by atoms with E-state index in [1.807, 2.05) is 0 Å². The number of aromatic nitrogens is 6. The zero-order valence-electron chi connectivity index (χ0n) is 11.8. The van der Waals surface area contributed by atoms with E-state index in [1.165, 1.54) is 16.8 Å². The number of anilines is 2. The first-order valence-electron chi connectivity index (χ1n) is 6.36. The molecule has 0 radical (unpaired) electrons. The van der Waals surface area contributed by atoms with Gasteiger partial charge in [-0.05, 0) is 33.8 Å². The molecule has 0 aliphatic heterocycles. The van der Waals surface area contributed by atoms with Crippen molar-refractivity contribution in [1.82, 2.24) is 30.5 Å². The fraction of sp³-hybridized carbons (Fsp3) is 0.0909. The first-order valence-corrected chi connectivity index (χ1v) is 6.74. The number of rotatable bonds is 4. The molecule has 0 fully saturated rings. The Balaban J connectivity index is 1.85. The molecule has 1 aromatic carbocycles. The minimum absolute atomic E-state index is 0.0303. The molecule has 24 heavy (non-hydrogen) atoms. The molecule has 0 saturated carbocycles. The average Bonchev–Trinajstić information content (AvgIpc) is 3.18. The fourth-order valence-electron chi connectivity index (χ4n) is 1.80. The summed E-state index contributed by atoms with van der Waals surface area (Å²) in [5.41, 5.74) is 6.28. The van der Waals surface area contributed by atoms with Gasteiger partial charge >= 0.3 is 0 Å². The van der Waals surface area contributed by atoms with Gasteiger partial charge in [0.05, 0.1) is 11.6 Å². The Labute approximate surface area is 137 Å². The maximum Gasteiger partial charge on any atom is 0.240 e. The minimum atomic E-state index is -0.581. The van der Waals surface area contributed by atoms with Crippen molar-refractivity contribution in [3.63, 3.8) is 0 Å². The number of nitrogens with one attached hydrogen (secondary N) is 1. The molecular weight excluding hydrogens is 345 g/mol. The van der Waals surface area contributed by atoms with E-state index in [2.05, 4.69) is 40.9 Å². The Hall–Kier alpha value is -3.28. The van der Waals surface area contributed by atoms with Crippen LogP contribution in [0, 0.1) is 5.82 Å². The molecule has 13 heteroatoms. The number of nitrogen functional groups attached to an aromatic ring is 1. The summed E-state index contributed by atoms with van der Waals surface area (Å²) in [6.45, 7) is 0.0303. The zero-order valence-corrected chi connectivity index (χ0v) is 12.5. The lowest BCUT2D eigenvalue weighted by atomic mass is 10.2. The monoisotopic (exact) mass is 353 g/mol. The Bertz CT molecular complexity index is 893. The average molecular weight is 354 g/mol. The van der Waals surface area contributed by atoms with Crippen molar-refractivity contribution in [1.29, 1.82) is 0 Å². The van der Waals surface area contributed by atoms with Crippen LogP contribution in [-0.4, -0.2) is 41.6 Å². The summed E-state index contributed by atoms with van der Waals surface area (Å²) in [5.74, 6) is -0.618. The highest BCUT2D eigenvalue weighted by Gasteiger charge is 2.19. The van der Waals surface area contributed by atoms with E-state index in [1.54, 1.807) is 0 Å². The second kappa shape index (κ2) is 6.45. The largest absolute Gasteiger partial charge is 0.409 e. The lowest BCUT2D eigenvalue weighted by Crippen LogP contribution is -2.18. The summed E-state index contributed by atoms with van der Waals surface area (Å²) in [7, 11) is 0. The van der Waals surface area contributed by atoms with Crippen LogP contribution in [0.15, 0.2) is 28.0 Å². The molecular formula is C11H9ClFN9O2. The van der Waals surface area contributed by atoms with Crippen molar-refractivity contribution in [3.8, 4) is 0 Å². The van der Waals surface area contributed by atoms with Gasteiger partial charge in [-0.25, -0.2) is 13.7 Å². The van der Waals surface area contributed by atoms with E-state index >= 15 is 0 Å². The van der Waals surface area contributed by atoms with Gasteiger partial charge in [0.2, 0.25) is 11.8 Å². The Morgan fingerprint density at radius 1 is 1.46 bits per heavy atom. The summed E-state index contributed by atoms with van der Waals surface area (Å²) in [4.78, 5) is 0. The lowest BCUT2D eigenvalue weighted by molar-refractivity contribution is 0.300. The predicted octanol–water partition coefficient (Wildman–Crippen LogP) is 0.727. The van der Waals surface area contributed by atoms with Gasteiger partial charge in [-0.1, -0.05) is 27.0 Å². The highest BCUT2D eigenvalue weighted by Crippen LogP contribution is 2.20. The molecule has 3 aromatic rings. The van der Waals surface area contributed by atoms with Gasteiger partial charge in [0.1, 0.15) is 11.5 Å². The molecule has 4 N–H and O–H groups in total. The first-order chi connectivity index (χ1) is 11.6. The van der Waals surface area contributed by atoms with Gasteiger partial charge in [0.15, 0.2) is 5.69 Å². The summed E-state index contributed by atoms with van der Waals surface area (Å²) in [6, 6.07) is 3.87. The van der Waals surface area contributed by atoms with Crippen LogP contribution < -0.4 is 11.1 Å². The van der Waals surface area contributed by atoms with Crippen molar-refractivity contribution in [3.05, 3.63) is 40.4 Å². The third-order valence-electron chi connectivity index (χ3n) is 2.92. The molecule has 3 rings (SSSR count). The predicted molar refractivity (Wildman–Crippen MR) is 79.0 cm³/mol. The highest BCUT2D eigenvalue weighted by atomic mass is 35.5. The number of halogens is 2. The van der Waals surface area contributed by atoms with Crippen LogP contribution in [0.4, 0.5) is 16.0 Å². The third-order valence-corrected chi connectivity index (χ3v) is 3.21. The van der Waals surface area contributed by atoms with Crippen molar-refractivity contribution < 1.29 is 14.2 Å². The van der Waals surface area contributed by atoms with E-state index in [9.17, 15) is 9.60 Å². The van der Waals surface area contributed by atoms with Crippen LogP contribution in [0.1, 0.15) is 11.4 Å². The molecule has 0 atom stereocenters. The van der Waals surface area contributed by atoms with Crippen LogP contribution in [-0.2, 0) is 6.54 Å². The Morgan fingerprint density at radius 3 is 2.96 bits per heavy atom. The van der Waals surface area contributed by atoms with Crippen molar-refractivity contribution >= 4 is 29.1 Å². The molecule has 0 amide bonds. The van der Waals surface area contributed by atoms with Crippen LogP contribution >= 0.6 is 11.6 Å². The molecule has 0 bridgehead atoms. The van der Waals surface area contributed by atoms with Gasteiger partial charge in [0.25, 0.3) is 0 Å². The van der Waals surface area contributed by atoms with Crippen LogP contribution in [0.25, 0.3) is 0 Å². The number of hydrogen-bond donors (Lipinski definition) is 3. The van der Waals surface area contributed by atoms with Crippen LogP contribution in [0.5, 0.6) is 0 Å². The number of nitrogens with two attached hydrogens (primary N) is 1. The van der Waals surface area contributed by atoms with Crippen molar-refractivity contribution in [2.75, 3.05) is 11.1 Å². The number of tetrazole rings is 1. The molecule has 0 unspecified atom stereocenters. The SMILES string of the molecule is Nc1nnnn1Cc1nonc1/C(=N\O)Nc1ccc(F)c(Cl)c1. The van der Waals surface area contributed by atoms with E-state index in [-0.39, 0.29) is 34.7 Å². The zero-order chi connectivity index (χ0) is 17.1. The standard InChI is InChI=1S/C11H9ClFN9O2/c12-6-3-5(1-2-7(6)13)15-10(17-23)9-8(18-24-19-9)4-22-11(14)16-20-21-22/h1-3,23H,4H2,(H,15,17)(H2,14,16,21). The highest BCUT2D eigenvalue weighted by molar-refractivity contribution is 6.31. The molecule has 0 aliphatic carbocycles. The number of benzene rings is 1. The molecule has 0 saturated heterocycles. The van der Waals surface area contributed by atoms with Gasteiger partial charge < -0.3 is 16.3 Å². The second-order valence-corrected chi connectivity index (χ2v) is 4.86. The maximum absolute atomic E-state index is 13.2. The van der Waals surface area contributed by atoms with Crippen molar-refractivity contribution in [2.24, 2.45) is 5.16 Å².